The number of hydrogen-bond donors (Lipinski definition) is 1. The maximum Gasteiger partial charge on any atom is 0.0634 e. The lowest BCUT2D eigenvalue weighted by atomic mass is 9.88. The second-order valence-corrected chi connectivity index (χ2v) is 4.61. The number of hydrogen-bond acceptors (Lipinski definition) is 2. The lowest BCUT2D eigenvalue weighted by Gasteiger charge is -2.20. The molecule has 1 aromatic rings. The largest absolute Gasteiger partial charge is 0.327 e. The van der Waals surface area contributed by atoms with Crippen molar-refractivity contribution in [1.29, 1.82) is 0 Å². The third-order valence-corrected chi connectivity index (χ3v) is 3.67. The molecule has 3 heteroatoms. The van der Waals surface area contributed by atoms with Gasteiger partial charge in [-0.1, -0.05) is 0 Å². The number of nitrogens with two attached hydrogens (primary N) is 1. The Bertz CT molecular complexity index is 359. The highest BCUT2D eigenvalue weighted by atomic mass is 15.3. The third kappa shape index (κ3) is 1.12. The summed E-state index contributed by atoms with van der Waals surface area (Å²) in [6.45, 7) is 6.33. The van der Waals surface area contributed by atoms with Gasteiger partial charge in [0.25, 0.3) is 0 Å². The Morgan fingerprint density at radius 3 is 2.29 bits per heavy atom. The summed E-state index contributed by atoms with van der Waals surface area (Å²) < 4.78 is 1.97. The van der Waals surface area contributed by atoms with Crippen molar-refractivity contribution in [2.24, 2.45) is 12.8 Å². The third-order valence-electron chi connectivity index (χ3n) is 3.67. The molecule has 0 saturated heterocycles. The van der Waals surface area contributed by atoms with E-state index < -0.39 is 0 Å². The molecule has 0 aromatic carbocycles. The quantitative estimate of drug-likeness (QED) is 0.772. The Balaban J connectivity index is 2.51. The summed E-state index contributed by atoms with van der Waals surface area (Å²) in [7, 11) is 2.00. The van der Waals surface area contributed by atoms with Crippen LogP contribution in [0.4, 0.5) is 0 Å². The fourth-order valence-electron chi connectivity index (χ4n) is 2.56. The van der Waals surface area contributed by atoms with Crippen molar-refractivity contribution in [3.05, 3.63) is 17.0 Å². The van der Waals surface area contributed by atoms with Crippen LogP contribution in [0.25, 0.3) is 0 Å². The Hall–Kier alpha value is -0.830. The summed E-state index contributed by atoms with van der Waals surface area (Å²) in [5.41, 5.74) is 10.1. The van der Waals surface area contributed by atoms with Gasteiger partial charge < -0.3 is 5.73 Å². The molecule has 1 unspecified atom stereocenters. The highest BCUT2D eigenvalue weighted by Crippen LogP contribution is 2.52. The van der Waals surface area contributed by atoms with Gasteiger partial charge >= 0.3 is 0 Å². The van der Waals surface area contributed by atoms with Gasteiger partial charge in [0, 0.05) is 29.8 Å². The van der Waals surface area contributed by atoms with Crippen LogP contribution in [0.15, 0.2) is 0 Å². The van der Waals surface area contributed by atoms with Gasteiger partial charge in [0.1, 0.15) is 0 Å². The summed E-state index contributed by atoms with van der Waals surface area (Å²) in [4.78, 5) is 0. The predicted octanol–water partition coefficient (Wildman–Crippen LogP) is 1.42. The summed E-state index contributed by atoms with van der Waals surface area (Å²) in [6.07, 6.45) is 2.44. The molecule has 0 bridgehead atoms. The molecule has 0 amide bonds. The lowest BCUT2D eigenvalue weighted by molar-refractivity contribution is 0.550. The Morgan fingerprint density at radius 2 is 2.00 bits per heavy atom. The second-order valence-electron chi connectivity index (χ2n) is 4.61. The van der Waals surface area contributed by atoms with Crippen molar-refractivity contribution in [2.45, 2.75) is 45.1 Å². The van der Waals surface area contributed by atoms with E-state index in [9.17, 15) is 0 Å². The summed E-state index contributed by atoms with van der Waals surface area (Å²) in [5, 5.41) is 4.46. The van der Waals surface area contributed by atoms with Crippen LogP contribution in [0.2, 0.25) is 0 Å². The van der Waals surface area contributed by atoms with Gasteiger partial charge in [-0.05, 0) is 33.6 Å². The highest BCUT2D eigenvalue weighted by molar-refractivity contribution is 5.40. The zero-order chi connectivity index (χ0) is 10.5. The fourth-order valence-corrected chi connectivity index (χ4v) is 2.56. The monoisotopic (exact) mass is 193 g/mol. The van der Waals surface area contributed by atoms with Gasteiger partial charge in [0.15, 0.2) is 0 Å². The minimum Gasteiger partial charge on any atom is -0.327 e. The molecular weight excluding hydrogens is 174 g/mol. The van der Waals surface area contributed by atoms with E-state index in [4.69, 9.17) is 5.73 Å². The zero-order valence-electron chi connectivity index (χ0n) is 9.46. The van der Waals surface area contributed by atoms with Crippen LogP contribution in [-0.2, 0) is 12.5 Å². The van der Waals surface area contributed by atoms with Crippen LogP contribution >= 0.6 is 0 Å². The summed E-state index contributed by atoms with van der Waals surface area (Å²) in [6, 6.07) is 0.240. The molecule has 0 radical (unpaired) electrons. The zero-order valence-corrected chi connectivity index (χ0v) is 9.46. The molecule has 1 fully saturated rings. The van der Waals surface area contributed by atoms with Crippen molar-refractivity contribution in [3.8, 4) is 0 Å². The van der Waals surface area contributed by atoms with E-state index in [1.807, 2.05) is 11.7 Å². The van der Waals surface area contributed by atoms with E-state index in [1.54, 1.807) is 0 Å². The molecule has 1 aliphatic carbocycles. The van der Waals surface area contributed by atoms with Gasteiger partial charge in [0.2, 0.25) is 0 Å². The molecule has 78 valence electrons. The maximum atomic E-state index is 6.07. The number of aryl methyl sites for hydroxylation is 2. The second kappa shape index (κ2) is 2.83. The van der Waals surface area contributed by atoms with Crippen molar-refractivity contribution >= 4 is 0 Å². The SMILES string of the molecule is Cc1nn(C)c(C)c1C1(C(C)N)CC1. The first-order valence-corrected chi connectivity index (χ1v) is 5.25. The molecule has 2 rings (SSSR count). The molecule has 0 spiro atoms. The van der Waals surface area contributed by atoms with Crippen molar-refractivity contribution in [3.63, 3.8) is 0 Å². The summed E-state index contributed by atoms with van der Waals surface area (Å²) in [5.74, 6) is 0. The standard InChI is InChI=1S/C11H19N3/c1-7-10(8(2)14(4)13-7)11(5-6-11)9(3)12/h9H,5-6,12H2,1-4H3. The van der Waals surface area contributed by atoms with E-state index in [1.165, 1.54) is 24.1 Å². The average molecular weight is 193 g/mol. The van der Waals surface area contributed by atoms with Crippen LogP contribution in [0.1, 0.15) is 36.7 Å². The first kappa shape index (κ1) is 9.71. The van der Waals surface area contributed by atoms with Crippen molar-refractivity contribution < 1.29 is 0 Å². The fraction of sp³-hybridized carbons (Fsp3) is 0.727. The topological polar surface area (TPSA) is 43.8 Å². The van der Waals surface area contributed by atoms with Gasteiger partial charge in [0.05, 0.1) is 5.69 Å². The molecule has 0 aliphatic heterocycles. The Morgan fingerprint density at radius 1 is 1.43 bits per heavy atom. The minimum absolute atomic E-state index is 0.239. The highest BCUT2D eigenvalue weighted by Gasteiger charge is 2.50. The Labute approximate surface area is 85.3 Å². The predicted molar refractivity (Wildman–Crippen MR) is 57.2 cm³/mol. The number of nitrogens with zero attached hydrogens (tertiary/aromatic N) is 2. The first-order valence-electron chi connectivity index (χ1n) is 5.25. The van der Waals surface area contributed by atoms with Crippen molar-refractivity contribution in [2.75, 3.05) is 0 Å². The molecule has 3 nitrogen and oxygen atoms in total. The van der Waals surface area contributed by atoms with Crippen molar-refractivity contribution in [1.82, 2.24) is 9.78 Å². The van der Waals surface area contributed by atoms with Gasteiger partial charge in [-0.15, -0.1) is 0 Å². The van der Waals surface area contributed by atoms with Crippen LogP contribution < -0.4 is 5.73 Å². The smallest absolute Gasteiger partial charge is 0.0634 e. The molecular formula is C11H19N3. The minimum atomic E-state index is 0.239. The van der Waals surface area contributed by atoms with Gasteiger partial charge in [-0.3, -0.25) is 4.68 Å². The maximum absolute atomic E-state index is 6.07. The number of rotatable bonds is 2. The van der Waals surface area contributed by atoms with Crippen LogP contribution in [0.3, 0.4) is 0 Å². The Kier molecular flexibility index (Phi) is 1.96. The van der Waals surface area contributed by atoms with E-state index in [0.717, 1.165) is 5.69 Å². The lowest BCUT2D eigenvalue weighted by Crippen LogP contribution is -2.32. The molecule has 1 atom stereocenters. The number of aromatic nitrogens is 2. The summed E-state index contributed by atoms with van der Waals surface area (Å²) >= 11 is 0. The van der Waals surface area contributed by atoms with E-state index in [0.29, 0.717) is 0 Å². The van der Waals surface area contributed by atoms with E-state index >= 15 is 0 Å². The molecule has 1 aliphatic rings. The van der Waals surface area contributed by atoms with Gasteiger partial charge in [-0.25, -0.2) is 0 Å². The van der Waals surface area contributed by atoms with E-state index in [-0.39, 0.29) is 11.5 Å². The van der Waals surface area contributed by atoms with Crippen LogP contribution in [0.5, 0.6) is 0 Å². The molecule has 1 aromatic heterocycles. The molecule has 2 N–H and O–H groups in total. The van der Waals surface area contributed by atoms with Crippen LogP contribution in [-0.4, -0.2) is 15.8 Å². The van der Waals surface area contributed by atoms with Gasteiger partial charge in [-0.2, -0.15) is 5.10 Å². The molecule has 1 heterocycles. The first-order chi connectivity index (χ1) is 6.49. The van der Waals surface area contributed by atoms with E-state index in [2.05, 4.69) is 25.9 Å². The normalized spacial score (nSPS) is 20.9. The van der Waals surface area contributed by atoms with Crippen LogP contribution in [0, 0.1) is 13.8 Å². The molecule has 14 heavy (non-hydrogen) atoms. The average Bonchev–Trinajstić information content (AvgIpc) is 2.81. The molecule has 1 saturated carbocycles.